The van der Waals surface area contributed by atoms with Crippen LogP contribution in [0.1, 0.15) is 12.5 Å². The highest BCUT2D eigenvalue weighted by molar-refractivity contribution is 5.75. The van der Waals surface area contributed by atoms with Crippen LogP contribution in [0.25, 0.3) is 0 Å². The zero-order chi connectivity index (χ0) is 8.10. The second-order valence-electron chi connectivity index (χ2n) is 2.62. The Balaban J connectivity index is 0.00000121. The van der Waals surface area contributed by atoms with Gasteiger partial charge in [-0.05, 0) is 35.4 Å². The molecule has 1 aromatic carbocycles. The van der Waals surface area contributed by atoms with Crippen molar-refractivity contribution in [2.45, 2.75) is 13.3 Å². The molecule has 1 rings (SSSR count). The summed E-state index contributed by atoms with van der Waals surface area (Å²) in [7, 11) is 0. The summed E-state index contributed by atoms with van der Waals surface area (Å²) in [5, 5.41) is 0. The monoisotopic (exact) mass is 182 g/mol. The third-order valence-electron chi connectivity index (χ3n) is 1.51. The number of hydrogen-bond donors (Lipinski definition) is 0. The normalized spacial score (nSPS) is 10.7. The van der Waals surface area contributed by atoms with Gasteiger partial charge in [0.2, 0.25) is 0 Å². The molecule has 0 aliphatic heterocycles. The lowest BCUT2D eigenvalue weighted by Gasteiger charge is -1.97. The van der Waals surface area contributed by atoms with Crippen molar-refractivity contribution in [1.29, 1.82) is 0 Å². The first-order chi connectivity index (χ1) is 5.33. The van der Waals surface area contributed by atoms with Gasteiger partial charge in [0.25, 0.3) is 0 Å². The fourth-order valence-electron chi connectivity index (χ4n) is 0.956. The molecular formula is C10H15FSi. The molecule has 0 aromatic heterocycles. The van der Waals surface area contributed by atoms with Crippen molar-refractivity contribution in [3.05, 3.63) is 47.8 Å². The number of rotatable bonds is 2. The second kappa shape index (κ2) is 5.72. The fraction of sp³-hybridized carbons (Fsp3) is 0.200. The minimum Gasteiger partial charge on any atom is -0.216 e. The maximum atomic E-state index is 11.9. The molecule has 0 atom stereocenters. The number of halogens is 1. The summed E-state index contributed by atoms with van der Waals surface area (Å²) >= 11 is 0. The van der Waals surface area contributed by atoms with E-state index in [4.69, 9.17) is 0 Å². The molecule has 0 saturated heterocycles. The molecule has 2 heteroatoms. The van der Waals surface area contributed by atoms with E-state index in [2.05, 4.69) is 0 Å². The van der Waals surface area contributed by atoms with Gasteiger partial charge in [-0.15, -0.1) is 0 Å². The molecule has 66 valence electrons. The highest BCUT2D eigenvalue weighted by Gasteiger charge is 1.91. The minimum absolute atomic E-state index is 0. The quantitative estimate of drug-likeness (QED) is 0.610. The van der Waals surface area contributed by atoms with Gasteiger partial charge in [-0.1, -0.05) is 30.3 Å². The van der Waals surface area contributed by atoms with Gasteiger partial charge in [0.05, 0.1) is 6.33 Å². The Bertz CT molecular complexity index is 241. The maximum Gasteiger partial charge on any atom is 0.0859 e. The standard InChI is InChI=1S/C10H11F.H4Si/c1-9(8-11)7-10-5-3-2-4-6-10;/h2-6,8H,7H2,1H3;1H4. The highest BCUT2D eigenvalue weighted by atomic mass is 28.1. The van der Waals surface area contributed by atoms with E-state index in [1.54, 1.807) is 6.92 Å². The van der Waals surface area contributed by atoms with Crippen molar-refractivity contribution in [1.82, 2.24) is 0 Å². The first-order valence-electron chi connectivity index (χ1n) is 3.62. The maximum absolute atomic E-state index is 11.9. The SMILES string of the molecule is CC(=CF)Cc1ccccc1.[SiH4]. The second-order valence-corrected chi connectivity index (χ2v) is 2.62. The van der Waals surface area contributed by atoms with Crippen LogP contribution in [0, 0.1) is 0 Å². The first kappa shape index (κ1) is 11.1. The summed E-state index contributed by atoms with van der Waals surface area (Å²) in [6.45, 7) is 1.78. The lowest BCUT2D eigenvalue weighted by atomic mass is 10.1. The van der Waals surface area contributed by atoms with Crippen molar-refractivity contribution in [3.8, 4) is 0 Å². The molecule has 0 nitrogen and oxygen atoms in total. The molecule has 0 heterocycles. The van der Waals surface area contributed by atoms with Crippen LogP contribution in [0.15, 0.2) is 42.2 Å². The fourth-order valence-corrected chi connectivity index (χ4v) is 0.956. The van der Waals surface area contributed by atoms with Crippen molar-refractivity contribution < 1.29 is 4.39 Å². The molecule has 12 heavy (non-hydrogen) atoms. The molecule has 1 aromatic rings. The van der Waals surface area contributed by atoms with Crippen LogP contribution in [-0.2, 0) is 6.42 Å². The molecule has 0 radical (unpaired) electrons. The van der Waals surface area contributed by atoms with E-state index in [0.29, 0.717) is 12.8 Å². The van der Waals surface area contributed by atoms with E-state index in [1.165, 1.54) is 0 Å². The van der Waals surface area contributed by atoms with E-state index in [-0.39, 0.29) is 11.0 Å². The van der Waals surface area contributed by atoms with Crippen molar-refractivity contribution in [2.75, 3.05) is 0 Å². The first-order valence-corrected chi connectivity index (χ1v) is 3.62. The summed E-state index contributed by atoms with van der Waals surface area (Å²) in [6.07, 6.45) is 1.37. The Morgan fingerprint density at radius 2 is 1.92 bits per heavy atom. The van der Waals surface area contributed by atoms with Gasteiger partial charge in [0, 0.05) is 0 Å². The third kappa shape index (κ3) is 3.48. The lowest BCUT2D eigenvalue weighted by molar-refractivity contribution is 0.704. The van der Waals surface area contributed by atoms with E-state index in [0.717, 1.165) is 11.1 Å². The zero-order valence-corrected chi connectivity index (χ0v) is 6.55. The molecule has 0 bridgehead atoms. The van der Waals surface area contributed by atoms with E-state index >= 15 is 0 Å². The molecule has 0 unspecified atom stereocenters. The summed E-state index contributed by atoms with van der Waals surface area (Å²) < 4.78 is 11.9. The van der Waals surface area contributed by atoms with Crippen LogP contribution in [0.3, 0.4) is 0 Å². The van der Waals surface area contributed by atoms with E-state index in [1.807, 2.05) is 30.3 Å². The van der Waals surface area contributed by atoms with Crippen LogP contribution in [0.2, 0.25) is 0 Å². The topological polar surface area (TPSA) is 0 Å². The van der Waals surface area contributed by atoms with Gasteiger partial charge in [-0.3, -0.25) is 0 Å². The van der Waals surface area contributed by atoms with Crippen molar-refractivity contribution in [2.24, 2.45) is 0 Å². The Morgan fingerprint density at radius 3 is 2.42 bits per heavy atom. The predicted molar refractivity (Wildman–Crippen MR) is 56.3 cm³/mol. The number of hydrogen-bond acceptors (Lipinski definition) is 0. The summed E-state index contributed by atoms with van der Waals surface area (Å²) in [4.78, 5) is 0. The van der Waals surface area contributed by atoms with Gasteiger partial charge in [0.1, 0.15) is 0 Å². The van der Waals surface area contributed by atoms with E-state index < -0.39 is 0 Å². The molecule has 0 fully saturated rings. The Labute approximate surface area is 77.1 Å². The third-order valence-corrected chi connectivity index (χ3v) is 1.51. The highest BCUT2D eigenvalue weighted by Crippen LogP contribution is 2.06. The largest absolute Gasteiger partial charge is 0.216 e. The average molecular weight is 182 g/mol. The Morgan fingerprint density at radius 1 is 1.33 bits per heavy atom. The molecular weight excluding hydrogens is 167 g/mol. The molecule has 0 spiro atoms. The van der Waals surface area contributed by atoms with Crippen LogP contribution >= 0.6 is 0 Å². The molecule has 0 saturated carbocycles. The molecule has 0 amide bonds. The van der Waals surface area contributed by atoms with Crippen LogP contribution in [0.5, 0.6) is 0 Å². The van der Waals surface area contributed by atoms with Gasteiger partial charge >= 0.3 is 0 Å². The average Bonchev–Trinajstić information content (AvgIpc) is 2.06. The molecule has 0 aliphatic carbocycles. The van der Waals surface area contributed by atoms with Crippen molar-refractivity contribution >= 4 is 11.0 Å². The Hall–Kier alpha value is -0.893. The predicted octanol–water partition coefficient (Wildman–Crippen LogP) is 1.65. The zero-order valence-electron chi connectivity index (χ0n) is 6.55. The lowest BCUT2D eigenvalue weighted by Crippen LogP contribution is -1.84. The van der Waals surface area contributed by atoms with Gasteiger partial charge < -0.3 is 0 Å². The summed E-state index contributed by atoms with van der Waals surface area (Å²) in [5.74, 6) is 0. The van der Waals surface area contributed by atoms with Gasteiger partial charge in [-0.2, -0.15) is 0 Å². The van der Waals surface area contributed by atoms with Gasteiger partial charge in [0.15, 0.2) is 0 Å². The van der Waals surface area contributed by atoms with E-state index in [9.17, 15) is 4.39 Å². The molecule has 0 aliphatic rings. The van der Waals surface area contributed by atoms with Crippen LogP contribution < -0.4 is 0 Å². The van der Waals surface area contributed by atoms with Crippen molar-refractivity contribution in [3.63, 3.8) is 0 Å². The van der Waals surface area contributed by atoms with Crippen LogP contribution in [-0.4, -0.2) is 11.0 Å². The number of benzene rings is 1. The smallest absolute Gasteiger partial charge is 0.0859 e. The summed E-state index contributed by atoms with van der Waals surface area (Å²) in [6, 6.07) is 9.86. The summed E-state index contributed by atoms with van der Waals surface area (Å²) in [5.41, 5.74) is 1.91. The minimum atomic E-state index is 0. The number of allylic oxidation sites excluding steroid dienone is 1. The van der Waals surface area contributed by atoms with Gasteiger partial charge in [-0.25, -0.2) is 4.39 Å². The van der Waals surface area contributed by atoms with Crippen LogP contribution in [0.4, 0.5) is 4.39 Å². The molecule has 0 N–H and O–H groups in total. The Kier molecular flexibility index (Phi) is 5.29.